The van der Waals surface area contributed by atoms with Crippen molar-refractivity contribution < 1.29 is 14.6 Å². The molecular weight excluding hydrogens is 308 g/mol. The van der Waals surface area contributed by atoms with Gasteiger partial charge in [-0.3, -0.25) is 0 Å². The number of hydrogen-bond acceptors (Lipinski definition) is 3. The molecule has 23 heavy (non-hydrogen) atoms. The standard InChI is InChI=1S/C19H16O3S/c20-19(21)16-6-3-7-17(12-16)22-10-11-23-18-9-8-14-4-1-2-5-15(14)13-18/h1-9,12-13H,10-11H2,(H,20,21). The van der Waals surface area contributed by atoms with Gasteiger partial charge in [-0.25, -0.2) is 4.79 Å². The van der Waals surface area contributed by atoms with Crippen LogP contribution in [0.5, 0.6) is 5.75 Å². The fraction of sp³-hybridized carbons (Fsp3) is 0.105. The number of benzene rings is 3. The molecule has 0 aromatic heterocycles. The van der Waals surface area contributed by atoms with Gasteiger partial charge in [-0.2, -0.15) is 0 Å². The van der Waals surface area contributed by atoms with Crippen molar-refractivity contribution in [2.75, 3.05) is 12.4 Å². The Bertz CT molecular complexity index is 829. The predicted octanol–water partition coefficient (Wildman–Crippen LogP) is 4.71. The summed E-state index contributed by atoms with van der Waals surface area (Å²) in [6.07, 6.45) is 0. The van der Waals surface area contributed by atoms with E-state index < -0.39 is 5.97 Å². The molecule has 0 saturated heterocycles. The van der Waals surface area contributed by atoms with Crippen LogP contribution < -0.4 is 4.74 Å². The third kappa shape index (κ3) is 4.05. The van der Waals surface area contributed by atoms with E-state index in [0.29, 0.717) is 12.4 Å². The number of carboxylic acid groups (broad SMARTS) is 1. The minimum atomic E-state index is -0.944. The summed E-state index contributed by atoms with van der Waals surface area (Å²) in [5, 5.41) is 11.4. The number of hydrogen-bond donors (Lipinski definition) is 1. The Morgan fingerprint density at radius 1 is 0.957 bits per heavy atom. The molecule has 0 aliphatic heterocycles. The Kier molecular flexibility index (Phi) is 4.83. The summed E-state index contributed by atoms with van der Waals surface area (Å²) in [5.41, 5.74) is 0.240. The SMILES string of the molecule is O=C(O)c1cccc(OCCSc2ccc3ccccc3c2)c1. The monoisotopic (exact) mass is 324 g/mol. The van der Waals surface area contributed by atoms with E-state index >= 15 is 0 Å². The van der Waals surface area contributed by atoms with E-state index in [1.54, 1.807) is 36.0 Å². The molecule has 0 atom stereocenters. The van der Waals surface area contributed by atoms with Gasteiger partial charge >= 0.3 is 5.97 Å². The lowest BCUT2D eigenvalue weighted by Crippen LogP contribution is -2.02. The molecule has 0 aliphatic carbocycles. The zero-order valence-corrected chi connectivity index (χ0v) is 13.3. The first kappa shape index (κ1) is 15.4. The van der Waals surface area contributed by atoms with Gasteiger partial charge in [0.25, 0.3) is 0 Å². The van der Waals surface area contributed by atoms with Crippen LogP contribution in [0.3, 0.4) is 0 Å². The molecule has 3 nitrogen and oxygen atoms in total. The molecule has 0 spiro atoms. The summed E-state index contributed by atoms with van der Waals surface area (Å²) in [7, 11) is 0. The van der Waals surface area contributed by atoms with E-state index in [-0.39, 0.29) is 5.56 Å². The first-order chi connectivity index (χ1) is 11.2. The van der Waals surface area contributed by atoms with Crippen LogP contribution in [-0.2, 0) is 0 Å². The summed E-state index contributed by atoms with van der Waals surface area (Å²) in [6.45, 7) is 0.528. The molecule has 0 amide bonds. The molecule has 0 radical (unpaired) electrons. The number of carbonyl (C=O) groups is 1. The number of thioether (sulfide) groups is 1. The average molecular weight is 324 g/mol. The van der Waals surface area contributed by atoms with Crippen LogP contribution in [-0.4, -0.2) is 23.4 Å². The number of ether oxygens (including phenoxy) is 1. The van der Waals surface area contributed by atoms with E-state index in [1.807, 2.05) is 12.1 Å². The molecule has 3 aromatic rings. The van der Waals surface area contributed by atoms with Crippen molar-refractivity contribution in [1.29, 1.82) is 0 Å². The highest BCUT2D eigenvalue weighted by Gasteiger charge is 2.04. The van der Waals surface area contributed by atoms with Crippen molar-refractivity contribution in [2.24, 2.45) is 0 Å². The molecule has 0 fully saturated rings. The van der Waals surface area contributed by atoms with Crippen molar-refractivity contribution in [3.05, 3.63) is 72.3 Å². The van der Waals surface area contributed by atoms with E-state index in [9.17, 15) is 4.79 Å². The number of aromatic carboxylic acids is 1. The quantitative estimate of drug-likeness (QED) is 0.527. The van der Waals surface area contributed by atoms with Crippen molar-refractivity contribution in [2.45, 2.75) is 4.90 Å². The summed E-state index contributed by atoms with van der Waals surface area (Å²) >= 11 is 1.72. The van der Waals surface area contributed by atoms with Crippen LogP contribution in [0.15, 0.2) is 71.6 Å². The van der Waals surface area contributed by atoms with Gasteiger partial charge in [0, 0.05) is 10.6 Å². The molecule has 0 heterocycles. The van der Waals surface area contributed by atoms with Crippen LogP contribution in [0.1, 0.15) is 10.4 Å². The highest BCUT2D eigenvalue weighted by atomic mass is 32.2. The van der Waals surface area contributed by atoms with Crippen LogP contribution in [0.2, 0.25) is 0 Å². The second-order valence-corrected chi connectivity index (χ2v) is 6.21. The maximum atomic E-state index is 10.9. The van der Waals surface area contributed by atoms with E-state index in [1.165, 1.54) is 15.7 Å². The lowest BCUT2D eigenvalue weighted by atomic mass is 10.1. The third-order valence-corrected chi connectivity index (χ3v) is 4.38. The average Bonchev–Trinajstić information content (AvgIpc) is 2.59. The molecular formula is C19H16O3S. The number of rotatable bonds is 6. The van der Waals surface area contributed by atoms with Gasteiger partial charge in [0.2, 0.25) is 0 Å². The topological polar surface area (TPSA) is 46.5 Å². The second-order valence-electron chi connectivity index (χ2n) is 5.04. The van der Waals surface area contributed by atoms with Crippen molar-refractivity contribution in [3.63, 3.8) is 0 Å². The molecule has 0 saturated carbocycles. The Morgan fingerprint density at radius 2 is 1.78 bits per heavy atom. The zero-order valence-electron chi connectivity index (χ0n) is 12.4. The first-order valence-electron chi connectivity index (χ1n) is 7.30. The van der Waals surface area contributed by atoms with Crippen molar-refractivity contribution in [3.8, 4) is 5.75 Å². The molecule has 3 aromatic carbocycles. The van der Waals surface area contributed by atoms with Crippen molar-refractivity contribution >= 4 is 28.5 Å². The first-order valence-corrected chi connectivity index (χ1v) is 8.29. The molecule has 4 heteroatoms. The largest absolute Gasteiger partial charge is 0.493 e. The summed E-state index contributed by atoms with van der Waals surface area (Å²) in [6, 6.07) is 21.2. The lowest BCUT2D eigenvalue weighted by Gasteiger charge is -2.07. The highest BCUT2D eigenvalue weighted by molar-refractivity contribution is 7.99. The third-order valence-electron chi connectivity index (χ3n) is 3.42. The Labute approximate surface area is 138 Å². The molecule has 0 aliphatic rings. The summed E-state index contributed by atoms with van der Waals surface area (Å²) in [4.78, 5) is 12.1. The molecule has 116 valence electrons. The predicted molar refractivity (Wildman–Crippen MR) is 93.6 cm³/mol. The van der Waals surface area contributed by atoms with Crippen LogP contribution in [0, 0.1) is 0 Å². The number of fused-ring (bicyclic) bond motifs is 1. The van der Waals surface area contributed by atoms with Crippen LogP contribution in [0.25, 0.3) is 10.8 Å². The van der Waals surface area contributed by atoms with Gasteiger partial charge in [-0.15, -0.1) is 11.8 Å². The summed E-state index contributed by atoms with van der Waals surface area (Å²) in [5.74, 6) is 0.445. The van der Waals surface area contributed by atoms with Crippen molar-refractivity contribution in [1.82, 2.24) is 0 Å². The maximum absolute atomic E-state index is 10.9. The van der Waals surface area contributed by atoms with Gasteiger partial charge in [0.15, 0.2) is 0 Å². The molecule has 0 unspecified atom stereocenters. The van der Waals surface area contributed by atoms with Gasteiger partial charge in [0.1, 0.15) is 5.75 Å². The fourth-order valence-electron chi connectivity index (χ4n) is 2.30. The van der Waals surface area contributed by atoms with Gasteiger partial charge in [-0.05, 0) is 41.1 Å². The minimum Gasteiger partial charge on any atom is -0.493 e. The number of carboxylic acids is 1. The normalized spacial score (nSPS) is 10.6. The van der Waals surface area contributed by atoms with E-state index in [4.69, 9.17) is 9.84 Å². The van der Waals surface area contributed by atoms with E-state index in [2.05, 4.69) is 30.3 Å². The lowest BCUT2D eigenvalue weighted by molar-refractivity contribution is 0.0696. The molecule has 0 bridgehead atoms. The minimum absolute atomic E-state index is 0.240. The van der Waals surface area contributed by atoms with Gasteiger partial charge in [-0.1, -0.05) is 36.4 Å². The van der Waals surface area contributed by atoms with Crippen LogP contribution in [0.4, 0.5) is 0 Å². The fourth-order valence-corrected chi connectivity index (χ4v) is 3.07. The molecule has 1 N–H and O–H groups in total. The Morgan fingerprint density at radius 3 is 2.61 bits per heavy atom. The smallest absolute Gasteiger partial charge is 0.335 e. The van der Waals surface area contributed by atoms with Gasteiger partial charge in [0.05, 0.1) is 12.2 Å². The second kappa shape index (κ2) is 7.20. The molecule has 3 rings (SSSR count). The highest BCUT2D eigenvalue weighted by Crippen LogP contribution is 2.23. The van der Waals surface area contributed by atoms with Crippen LogP contribution >= 0.6 is 11.8 Å². The Balaban J connectivity index is 1.54. The maximum Gasteiger partial charge on any atom is 0.335 e. The van der Waals surface area contributed by atoms with Gasteiger partial charge < -0.3 is 9.84 Å². The summed E-state index contributed by atoms with van der Waals surface area (Å²) < 4.78 is 5.62. The zero-order chi connectivity index (χ0) is 16.1. The van der Waals surface area contributed by atoms with E-state index in [0.717, 1.165) is 5.75 Å². The Hall–Kier alpha value is -2.46.